The van der Waals surface area contributed by atoms with E-state index in [-0.39, 0.29) is 34.4 Å². The number of nitrogens with zero attached hydrogens (tertiary/aromatic N) is 1. The Labute approximate surface area is 216 Å². The van der Waals surface area contributed by atoms with Gasteiger partial charge in [-0.15, -0.1) is 0 Å². The minimum atomic E-state index is -0.683. The summed E-state index contributed by atoms with van der Waals surface area (Å²) in [6.07, 6.45) is -0.0434. The molecule has 1 heterocycles. The third kappa shape index (κ3) is 6.59. The standard InChI is InChI=1S/C26H20ClN3O5S/c27-20-9-5-4-8-19(20)21(31)15-35-25(34)16-10-12-18(13-11-16)28-23(32)14-22-24(33)30-26(36-22)29-17-6-2-1-3-7-17/h1-13,22H,14-15H2,(H,28,32)(H,29,30,33)/t22-/m1/s1. The number of Topliss-reactive ketones (excluding diaryl/α,β-unsaturated/α-hetero) is 1. The lowest BCUT2D eigenvalue weighted by atomic mass is 10.1. The van der Waals surface area contributed by atoms with Crippen LogP contribution in [-0.4, -0.2) is 40.6 Å². The summed E-state index contributed by atoms with van der Waals surface area (Å²) in [5, 5.41) is 5.52. The Kier molecular flexibility index (Phi) is 8.14. The van der Waals surface area contributed by atoms with Crippen molar-refractivity contribution in [1.29, 1.82) is 0 Å². The Bertz CT molecular complexity index is 1330. The van der Waals surface area contributed by atoms with Gasteiger partial charge in [0.25, 0.3) is 0 Å². The average molecular weight is 522 g/mol. The zero-order valence-corrected chi connectivity index (χ0v) is 20.3. The molecule has 1 fully saturated rings. The Morgan fingerprint density at radius 2 is 1.67 bits per heavy atom. The average Bonchev–Trinajstić information content (AvgIpc) is 3.21. The van der Waals surface area contributed by atoms with E-state index in [9.17, 15) is 19.2 Å². The van der Waals surface area contributed by atoms with Crippen LogP contribution >= 0.6 is 23.4 Å². The first-order valence-electron chi connectivity index (χ1n) is 10.8. The van der Waals surface area contributed by atoms with Gasteiger partial charge in [0.1, 0.15) is 5.25 Å². The van der Waals surface area contributed by atoms with Crippen LogP contribution in [0.4, 0.5) is 11.4 Å². The summed E-state index contributed by atoms with van der Waals surface area (Å²) >= 11 is 7.18. The second-order valence-electron chi connectivity index (χ2n) is 7.66. The maximum Gasteiger partial charge on any atom is 0.338 e. The van der Waals surface area contributed by atoms with E-state index in [2.05, 4.69) is 15.6 Å². The summed E-state index contributed by atoms with van der Waals surface area (Å²) < 4.78 is 5.08. The molecule has 3 aromatic carbocycles. The number of rotatable bonds is 8. The van der Waals surface area contributed by atoms with Crippen molar-refractivity contribution in [1.82, 2.24) is 5.32 Å². The lowest BCUT2D eigenvalue weighted by Crippen LogP contribution is -2.28. The number of benzene rings is 3. The Morgan fingerprint density at radius 3 is 2.39 bits per heavy atom. The molecule has 3 aromatic rings. The highest BCUT2D eigenvalue weighted by atomic mass is 35.5. The fraction of sp³-hybridized carbons (Fsp3) is 0.115. The number of halogens is 1. The van der Waals surface area contributed by atoms with E-state index in [1.807, 2.05) is 30.3 Å². The fourth-order valence-corrected chi connectivity index (χ4v) is 4.49. The smallest absolute Gasteiger partial charge is 0.338 e. The van der Waals surface area contributed by atoms with Crippen LogP contribution in [0.1, 0.15) is 27.1 Å². The summed E-state index contributed by atoms with van der Waals surface area (Å²) in [4.78, 5) is 53.5. The number of nitrogens with one attached hydrogen (secondary N) is 2. The molecule has 182 valence electrons. The number of esters is 1. The van der Waals surface area contributed by atoms with Gasteiger partial charge in [0.15, 0.2) is 11.8 Å². The van der Waals surface area contributed by atoms with Gasteiger partial charge in [-0.1, -0.05) is 53.7 Å². The molecule has 0 aliphatic carbocycles. The van der Waals surface area contributed by atoms with Crippen LogP contribution in [0.25, 0.3) is 0 Å². The molecular formula is C26H20ClN3O5S. The molecule has 0 unspecified atom stereocenters. The van der Waals surface area contributed by atoms with Gasteiger partial charge >= 0.3 is 5.97 Å². The first-order chi connectivity index (χ1) is 17.4. The number of anilines is 1. The zero-order valence-electron chi connectivity index (χ0n) is 18.8. The van der Waals surface area contributed by atoms with E-state index in [1.54, 1.807) is 24.3 Å². The third-order valence-electron chi connectivity index (χ3n) is 5.05. The van der Waals surface area contributed by atoms with E-state index in [0.717, 1.165) is 0 Å². The van der Waals surface area contributed by atoms with Crippen LogP contribution < -0.4 is 10.6 Å². The summed E-state index contributed by atoms with van der Waals surface area (Å²) in [6, 6.07) is 21.7. The molecule has 1 saturated heterocycles. The third-order valence-corrected chi connectivity index (χ3v) is 6.46. The SMILES string of the molecule is O=C(C[C@H]1SC(=Nc2ccccc2)NC1=O)Nc1ccc(C(=O)OCC(=O)c2ccccc2Cl)cc1. The highest BCUT2D eigenvalue weighted by Crippen LogP contribution is 2.25. The number of carbonyl (C=O) groups is 4. The minimum absolute atomic E-state index is 0.0434. The molecule has 0 aromatic heterocycles. The quantitative estimate of drug-likeness (QED) is 0.330. The summed E-state index contributed by atoms with van der Waals surface area (Å²) in [5.41, 5.74) is 1.65. The minimum Gasteiger partial charge on any atom is -0.454 e. The molecule has 2 amide bonds. The molecule has 1 aliphatic heterocycles. The molecule has 1 atom stereocenters. The maximum absolute atomic E-state index is 12.5. The lowest BCUT2D eigenvalue weighted by Gasteiger charge is -2.09. The molecule has 0 bridgehead atoms. The number of ketones is 1. The van der Waals surface area contributed by atoms with E-state index < -0.39 is 23.6 Å². The monoisotopic (exact) mass is 521 g/mol. The number of amidine groups is 1. The van der Waals surface area contributed by atoms with Gasteiger partial charge in [0, 0.05) is 17.7 Å². The zero-order chi connectivity index (χ0) is 25.5. The summed E-state index contributed by atoms with van der Waals surface area (Å²) in [6.45, 7) is -0.447. The highest BCUT2D eigenvalue weighted by molar-refractivity contribution is 8.15. The Hall–Kier alpha value is -3.95. The van der Waals surface area contributed by atoms with Gasteiger partial charge in [0.2, 0.25) is 17.6 Å². The van der Waals surface area contributed by atoms with Gasteiger partial charge in [-0.2, -0.15) is 0 Å². The van der Waals surface area contributed by atoms with Crippen LogP contribution in [0.3, 0.4) is 0 Å². The number of ether oxygens (including phenoxy) is 1. The predicted molar refractivity (Wildman–Crippen MR) is 139 cm³/mol. The summed E-state index contributed by atoms with van der Waals surface area (Å²) in [5.74, 6) is -1.74. The van der Waals surface area contributed by atoms with Crippen molar-refractivity contribution in [2.75, 3.05) is 11.9 Å². The lowest BCUT2D eigenvalue weighted by molar-refractivity contribution is -0.122. The molecule has 0 saturated carbocycles. The summed E-state index contributed by atoms with van der Waals surface area (Å²) in [7, 11) is 0. The van der Waals surface area contributed by atoms with Crippen LogP contribution in [-0.2, 0) is 14.3 Å². The van der Waals surface area contributed by atoms with Crippen molar-refractivity contribution < 1.29 is 23.9 Å². The normalized spacial score (nSPS) is 15.9. The van der Waals surface area contributed by atoms with Crippen molar-refractivity contribution in [3.05, 3.63) is 95.0 Å². The van der Waals surface area contributed by atoms with Crippen molar-refractivity contribution in [2.24, 2.45) is 4.99 Å². The van der Waals surface area contributed by atoms with E-state index in [1.165, 1.54) is 36.0 Å². The second kappa shape index (κ2) is 11.7. The molecule has 4 rings (SSSR count). The Morgan fingerprint density at radius 1 is 0.972 bits per heavy atom. The van der Waals surface area contributed by atoms with E-state index in [0.29, 0.717) is 16.5 Å². The number of para-hydroxylation sites is 1. The van der Waals surface area contributed by atoms with Crippen molar-refractivity contribution in [3.8, 4) is 0 Å². The van der Waals surface area contributed by atoms with Crippen molar-refractivity contribution in [2.45, 2.75) is 11.7 Å². The number of amides is 2. The van der Waals surface area contributed by atoms with Gasteiger partial charge in [-0.25, -0.2) is 9.79 Å². The number of aliphatic imine (C=N–C) groups is 1. The molecule has 2 N–H and O–H groups in total. The number of hydrogen-bond acceptors (Lipinski definition) is 7. The van der Waals surface area contributed by atoms with Gasteiger partial charge in [0.05, 0.1) is 16.3 Å². The van der Waals surface area contributed by atoms with Crippen molar-refractivity contribution in [3.63, 3.8) is 0 Å². The molecule has 1 aliphatic rings. The Balaban J connectivity index is 1.27. The van der Waals surface area contributed by atoms with Gasteiger partial charge in [-0.05, 0) is 48.5 Å². The number of thioether (sulfide) groups is 1. The predicted octanol–water partition coefficient (Wildman–Crippen LogP) is 4.63. The topological polar surface area (TPSA) is 114 Å². The van der Waals surface area contributed by atoms with Crippen LogP contribution in [0.2, 0.25) is 5.02 Å². The van der Waals surface area contributed by atoms with Crippen LogP contribution in [0.15, 0.2) is 83.9 Å². The van der Waals surface area contributed by atoms with Crippen LogP contribution in [0.5, 0.6) is 0 Å². The first-order valence-corrected chi connectivity index (χ1v) is 12.1. The largest absolute Gasteiger partial charge is 0.454 e. The molecular weight excluding hydrogens is 502 g/mol. The molecule has 36 heavy (non-hydrogen) atoms. The molecule has 10 heteroatoms. The molecule has 0 radical (unpaired) electrons. The maximum atomic E-state index is 12.5. The van der Waals surface area contributed by atoms with E-state index in [4.69, 9.17) is 16.3 Å². The van der Waals surface area contributed by atoms with Gasteiger partial charge < -0.3 is 15.4 Å². The number of carbonyl (C=O) groups excluding carboxylic acids is 4. The number of hydrogen-bond donors (Lipinski definition) is 2. The highest BCUT2D eigenvalue weighted by Gasteiger charge is 2.32. The molecule has 8 nitrogen and oxygen atoms in total. The van der Waals surface area contributed by atoms with Gasteiger partial charge in [-0.3, -0.25) is 14.4 Å². The second-order valence-corrected chi connectivity index (χ2v) is 9.26. The first kappa shape index (κ1) is 25.2. The fourth-order valence-electron chi connectivity index (χ4n) is 3.26. The van der Waals surface area contributed by atoms with E-state index >= 15 is 0 Å². The van der Waals surface area contributed by atoms with Crippen molar-refractivity contribution >= 4 is 63.5 Å². The van der Waals surface area contributed by atoms with Crippen LogP contribution in [0, 0.1) is 0 Å². The molecule has 0 spiro atoms.